The summed E-state index contributed by atoms with van der Waals surface area (Å²) in [5.41, 5.74) is 0.725. The van der Waals surface area contributed by atoms with Crippen LogP contribution in [0.5, 0.6) is 5.75 Å². The van der Waals surface area contributed by atoms with E-state index in [0.717, 1.165) is 54.2 Å². The van der Waals surface area contributed by atoms with Gasteiger partial charge < -0.3 is 19.4 Å². The van der Waals surface area contributed by atoms with Gasteiger partial charge in [-0.1, -0.05) is 12.1 Å². The lowest BCUT2D eigenvalue weighted by Crippen LogP contribution is -2.41. The fraction of sp³-hybridized carbons (Fsp3) is 0.409. The van der Waals surface area contributed by atoms with Crippen molar-refractivity contribution in [1.82, 2.24) is 15.3 Å². The number of hydrogen-bond donors (Lipinski definition) is 1. The van der Waals surface area contributed by atoms with Crippen LogP contribution in [0.15, 0.2) is 47.3 Å². The second kappa shape index (κ2) is 8.51. The van der Waals surface area contributed by atoms with E-state index in [1.165, 1.54) is 0 Å². The normalized spacial score (nSPS) is 16.0. The van der Waals surface area contributed by atoms with E-state index in [4.69, 9.17) is 9.15 Å². The van der Waals surface area contributed by atoms with Crippen LogP contribution in [0.4, 0.5) is 5.82 Å². The van der Waals surface area contributed by atoms with Gasteiger partial charge in [0.05, 0.1) is 18.8 Å². The maximum Gasteiger partial charge on any atom is 0.223 e. The number of benzene rings is 1. The van der Waals surface area contributed by atoms with Crippen molar-refractivity contribution in [2.75, 3.05) is 24.6 Å². The van der Waals surface area contributed by atoms with Gasteiger partial charge >= 0.3 is 0 Å². The van der Waals surface area contributed by atoms with E-state index in [2.05, 4.69) is 20.2 Å². The number of carbonyl (C=O) groups is 1. The minimum atomic E-state index is -0.206. The van der Waals surface area contributed by atoms with E-state index < -0.39 is 0 Å². The molecule has 1 atom stereocenters. The quantitative estimate of drug-likeness (QED) is 0.686. The smallest absolute Gasteiger partial charge is 0.223 e. The number of amides is 1. The summed E-state index contributed by atoms with van der Waals surface area (Å²) in [6.07, 6.45) is 6.72. The van der Waals surface area contributed by atoms with E-state index in [1.54, 1.807) is 18.6 Å². The molecule has 1 fully saturated rings. The second-order valence-electron chi connectivity index (χ2n) is 7.31. The van der Waals surface area contributed by atoms with Crippen LogP contribution in [0, 0.1) is 5.92 Å². The molecule has 7 nitrogen and oxygen atoms in total. The summed E-state index contributed by atoms with van der Waals surface area (Å²) in [7, 11) is 0. The summed E-state index contributed by atoms with van der Waals surface area (Å²) >= 11 is 0. The van der Waals surface area contributed by atoms with Crippen molar-refractivity contribution in [2.24, 2.45) is 5.92 Å². The molecule has 1 unspecified atom stereocenters. The zero-order valence-corrected chi connectivity index (χ0v) is 16.8. The minimum absolute atomic E-state index is 0.00580. The Hall–Kier alpha value is -3.09. The van der Waals surface area contributed by atoms with Crippen molar-refractivity contribution in [3.05, 3.63) is 48.6 Å². The van der Waals surface area contributed by atoms with Crippen molar-refractivity contribution in [3.63, 3.8) is 0 Å². The number of nitrogens with zero attached hydrogens (tertiary/aromatic N) is 3. The van der Waals surface area contributed by atoms with Crippen molar-refractivity contribution in [1.29, 1.82) is 0 Å². The second-order valence-corrected chi connectivity index (χ2v) is 7.31. The first kappa shape index (κ1) is 19.2. The van der Waals surface area contributed by atoms with Crippen LogP contribution in [0.25, 0.3) is 11.0 Å². The van der Waals surface area contributed by atoms with Gasteiger partial charge in [0.25, 0.3) is 0 Å². The Bertz CT molecular complexity index is 965. The van der Waals surface area contributed by atoms with Crippen LogP contribution in [-0.4, -0.2) is 35.6 Å². The van der Waals surface area contributed by atoms with Crippen LogP contribution in [0.1, 0.15) is 38.5 Å². The van der Waals surface area contributed by atoms with Gasteiger partial charge in [-0.2, -0.15) is 0 Å². The fourth-order valence-electron chi connectivity index (χ4n) is 3.77. The average molecular weight is 394 g/mol. The van der Waals surface area contributed by atoms with Gasteiger partial charge in [-0.25, -0.2) is 4.98 Å². The number of piperidine rings is 1. The van der Waals surface area contributed by atoms with Gasteiger partial charge in [-0.3, -0.25) is 9.78 Å². The number of furan rings is 1. The SMILES string of the molecule is CCOc1cccc2cc(C(C)NC(=O)C3CCN(c4cnccn4)CC3)oc12. The number of rotatable bonds is 6. The van der Waals surface area contributed by atoms with Crippen molar-refractivity contribution in [3.8, 4) is 5.75 Å². The molecule has 0 bridgehead atoms. The molecule has 0 saturated carbocycles. The molecule has 3 aromatic rings. The van der Waals surface area contributed by atoms with Gasteiger partial charge in [0, 0.05) is 36.8 Å². The molecule has 0 radical (unpaired) electrons. The number of nitrogens with one attached hydrogen (secondary N) is 1. The molecule has 0 spiro atoms. The molecular formula is C22H26N4O3. The van der Waals surface area contributed by atoms with Crippen LogP contribution < -0.4 is 15.0 Å². The van der Waals surface area contributed by atoms with Gasteiger partial charge in [0.1, 0.15) is 11.6 Å². The molecule has 4 rings (SSSR count). The first-order valence-corrected chi connectivity index (χ1v) is 10.1. The number of ether oxygens (including phenoxy) is 1. The van der Waals surface area contributed by atoms with Crippen LogP contribution >= 0.6 is 0 Å². The lowest BCUT2D eigenvalue weighted by Gasteiger charge is -2.32. The molecule has 2 aromatic heterocycles. The Balaban J connectivity index is 1.37. The van der Waals surface area contributed by atoms with Crippen LogP contribution in [-0.2, 0) is 4.79 Å². The highest BCUT2D eigenvalue weighted by molar-refractivity contribution is 5.84. The van der Waals surface area contributed by atoms with Crippen LogP contribution in [0.2, 0.25) is 0 Å². The maximum atomic E-state index is 12.8. The highest BCUT2D eigenvalue weighted by atomic mass is 16.5. The highest BCUT2D eigenvalue weighted by Crippen LogP contribution is 2.31. The minimum Gasteiger partial charge on any atom is -0.490 e. The molecule has 29 heavy (non-hydrogen) atoms. The number of fused-ring (bicyclic) bond motifs is 1. The zero-order chi connectivity index (χ0) is 20.2. The molecule has 1 amide bonds. The summed E-state index contributed by atoms with van der Waals surface area (Å²) in [5, 5.41) is 4.09. The highest BCUT2D eigenvalue weighted by Gasteiger charge is 2.27. The monoisotopic (exact) mass is 394 g/mol. The van der Waals surface area contributed by atoms with E-state index >= 15 is 0 Å². The molecule has 152 valence electrons. The van der Waals surface area contributed by atoms with Crippen molar-refractivity contribution >= 4 is 22.7 Å². The van der Waals surface area contributed by atoms with Crippen molar-refractivity contribution in [2.45, 2.75) is 32.7 Å². The molecule has 3 heterocycles. The van der Waals surface area contributed by atoms with Gasteiger partial charge in [-0.05, 0) is 38.8 Å². The Morgan fingerprint density at radius 3 is 2.90 bits per heavy atom. The number of carbonyl (C=O) groups excluding carboxylic acids is 1. The maximum absolute atomic E-state index is 12.8. The van der Waals surface area contributed by atoms with E-state index in [-0.39, 0.29) is 17.9 Å². The lowest BCUT2D eigenvalue weighted by atomic mass is 9.95. The lowest BCUT2D eigenvalue weighted by molar-refractivity contribution is -0.126. The molecule has 1 N–H and O–H groups in total. The third-order valence-corrected chi connectivity index (χ3v) is 5.35. The third kappa shape index (κ3) is 4.18. The summed E-state index contributed by atoms with van der Waals surface area (Å²) in [5.74, 6) is 2.39. The summed E-state index contributed by atoms with van der Waals surface area (Å²) in [6.45, 7) is 6.07. The summed E-state index contributed by atoms with van der Waals surface area (Å²) < 4.78 is 11.7. The van der Waals surface area contributed by atoms with Crippen molar-refractivity contribution < 1.29 is 13.9 Å². The summed E-state index contributed by atoms with van der Waals surface area (Å²) in [6, 6.07) is 7.59. The zero-order valence-electron chi connectivity index (χ0n) is 16.8. The third-order valence-electron chi connectivity index (χ3n) is 5.35. The molecule has 0 aliphatic carbocycles. The molecule has 1 aliphatic rings. The molecule has 7 heteroatoms. The standard InChI is InChI=1S/C22H26N4O3/c1-3-28-18-6-4-5-17-13-19(29-21(17)18)15(2)25-22(27)16-7-11-26(12-8-16)20-14-23-9-10-24-20/h4-6,9-10,13-16H,3,7-8,11-12H2,1-2H3,(H,25,27). The number of aromatic nitrogens is 2. The van der Waals surface area contributed by atoms with E-state index in [9.17, 15) is 4.79 Å². The predicted octanol–water partition coefficient (Wildman–Crippen LogP) is 3.72. The van der Waals surface area contributed by atoms with Crippen LogP contribution in [0.3, 0.4) is 0 Å². The Kier molecular flexibility index (Phi) is 5.64. The molecule has 1 saturated heterocycles. The molecule has 1 aliphatic heterocycles. The summed E-state index contributed by atoms with van der Waals surface area (Å²) in [4.78, 5) is 23.4. The van der Waals surface area contributed by atoms with Gasteiger partial charge in [-0.15, -0.1) is 0 Å². The number of para-hydroxylation sites is 1. The van der Waals surface area contributed by atoms with Gasteiger partial charge in [0.15, 0.2) is 11.3 Å². The van der Waals surface area contributed by atoms with E-state index in [0.29, 0.717) is 6.61 Å². The Labute approximate surface area is 170 Å². The topological polar surface area (TPSA) is 80.5 Å². The number of hydrogen-bond acceptors (Lipinski definition) is 6. The molecule has 1 aromatic carbocycles. The fourth-order valence-corrected chi connectivity index (χ4v) is 3.77. The van der Waals surface area contributed by atoms with E-state index in [1.807, 2.05) is 38.1 Å². The van der Waals surface area contributed by atoms with Gasteiger partial charge in [0.2, 0.25) is 5.91 Å². The average Bonchev–Trinajstić information content (AvgIpc) is 3.20. The largest absolute Gasteiger partial charge is 0.490 e. The first-order valence-electron chi connectivity index (χ1n) is 10.1. The number of anilines is 1. The first-order chi connectivity index (χ1) is 14.2. The predicted molar refractivity (Wildman–Crippen MR) is 111 cm³/mol. The Morgan fingerprint density at radius 1 is 1.34 bits per heavy atom. The Morgan fingerprint density at radius 2 is 2.17 bits per heavy atom. The molecular weight excluding hydrogens is 368 g/mol.